The Bertz CT molecular complexity index is 858. The van der Waals surface area contributed by atoms with Crippen molar-refractivity contribution in [2.45, 2.75) is 40.2 Å². The number of aromatic nitrogens is 4. The molecule has 1 atom stereocenters. The van der Waals surface area contributed by atoms with E-state index in [1.165, 1.54) is 4.88 Å². The molecule has 0 saturated carbocycles. The van der Waals surface area contributed by atoms with Crippen LogP contribution in [0, 0.1) is 13.8 Å². The van der Waals surface area contributed by atoms with Gasteiger partial charge in [-0.1, -0.05) is 6.92 Å². The summed E-state index contributed by atoms with van der Waals surface area (Å²) in [6.07, 6.45) is 4.25. The summed E-state index contributed by atoms with van der Waals surface area (Å²) in [6.45, 7) is 8.03. The fourth-order valence-corrected chi connectivity index (χ4v) is 3.72. The van der Waals surface area contributed by atoms with E-state index in [0.717, 1.165) is 33.7 Å². The highest BCUT2D eigenvalue weighted by Gasteiger charge is 2.18. The molecule has 3 aromatic rings. The molecule has 0 aliphatic heterocycles. The van der Waals surface area contributed by atoms with Crippen molar-refractivity contribution in [3.63, 3.8) is 0 Å². The van der Waals surface area contributed by atoms with Gasteiger partial charge in [0.2, 0.25) is 0 Å². The van der Waals surface area contributed by atoms with Crippen LogP contribution in [0.4, 0.5) is 0 Å². The first kappa shape index (κ1) is 14.0. The van der Waals surface area contributed by atoms with Crippen LogP contribution in [0.3, 0.4) is 0 Å². The number of thiophene rings is 1. The molecule has 3 rings (SSSR count). The fraction of sp³-hybridized carbons (Fsp3) is 0.400. The normalized spacial score (nSPS) is 13.0. The third kappa shape index (κ3) is 2.19. The molecule has 3 heterocycles. The molecule has 1 N–H and O–H groups in total. The maximum Gasteiger partial charge on any atom is 0.263 e. The Balaban J connectivity index is 2.20. The van der Waals surface area contributed by atoms with Crippen molar-refractivity contribution in [3.8, 4) is 0 Å². The van der Waals surface area contributed by atoms with Crippen molar-refractivity contribution >= 4 is 21.6 Å². The molecule has 110 valence electrons. The van der Waals surface area contributed by atoms with Gasteiger partial charge in [0.25, 0.3) is 5.56 Å². The van der Waals surface area contributed by atoms with Crippen LogP contribution in [-0.2, 0) is 6.42 Å². The largest absolute Gasteiger partial charge is 0.344 e. The maximum atomic E-state index is 12.8. The van der Waals surface area contributed by atoms with E-state index in [4.69, 9.17) is 0 Å². The van der Waals surface area contributed by atoms with Gasteiger partial charge < -0.3 is 4.98 Å². The summed E-state index contributed by atoms with van der Waals surface area (Å²) in [5, 5.41) is 0.762. The molecule has 6 heteroatoms. The van der Waals surface area contributed by atoms with Gasteiger partial charge in [-0.15, -0.1) is 11.3 Å². The van der Waals surface area contributed by atoms with E-state index in [1.54, 1.807) is 28.4 Å². The zero-order valence-electron chi connectivity index (χ0n) is 12.6. The van der Waals surface area contributed by atoms with Crippen LogP contribution in [-0.4, -0.2) is 19.5 Å². The zero-order chi connectivity index (χ0) is 15.1. The molecule has 5 nitrogen and oxygen atoms in total. The highest BCUT2D eigenvalue weighted by atomic mass is 32.1. The quantitative estimate of drug-likeness (QED) is 0.809. The average molecular weight is 302 g/mol. The van der Waals surface area contributed by atoms with Crippen molar-refractivity contribution in [2.24, 2.45) is 0 Å². The third-order valence-electron chi connectivity index (χ3n) is 3.83. The topological polar surface area (TPSA) is 63.6 Å². The minimum absolute atomic E-state index is 0.0164. The molecule has 0 radical (unpaired) electrons. The molecule has 0 aliphatic carbocycles. The highest BCUT2D eigenvalue weighted by Crippen LogP contribution is 2.27. The van der Waals surface area contributed by atoms with Gasteiger partial charge in [0.05, 0.1) is 17.8 Å². The molecule has 21 heavy (non-hydrogen) atoms. The molecular weight excluding hydrogens is 284 g/mol. The van der Waals surface area contributed by atoms with Gasteiger partial charge >= 0.3 is 0 Å². The van der Waals surface area contributed by atoms with Crippen LogP contribution in [0.5, 0.6) is 0 Å². The van der Waals surface area contributed by atoms with E-state index in [2.05, 4.69) is 21.9 Å². The van der Waals surface area contributed by atoms with Crippen LogP contribution in [0.1, 0.15) is 41.8 Å². The van der Waals surface area contributed by atoms with E-state index in [-0.39, 0.29) is 11.6 Å². The van der Waals surface area contributed by atoms with Crippen LogP contribution < -0.4 is 5.56 Å². The van der Waals surface area contributed by atoms with E-state index in [0.29, 0.717) is 0 Å². The number of hydrogen-bond acceptors (Lipinski definition) is 4. The Hall–Kier alpha value is -1.95. The first-order valence-corrected chi connectivity index (χ1v) is 7.85. The summed E-state index contributed by atoms with van der Waals surface area (Å²) in [7, 11) is 0. The lowest BCUT2D eigenvalue weighted by Crippen LogP contribution is -2.25. The summed E-state index contributed by atoms with van der Waals surface area (Å²) in [6, 6.07) is -0.159. The standard InChI is InChI=1S/C15H18N4OS/c1-5-11-10(4)21-14-12(11)15(20)19(7-17-14)9(3)13-16-6-8(2)18-13/h6-7,9H,5H2,1-4H3,(H,16,18). The molecule has 0 aromatic carbocycles. The Morgan fingerprint density at radius 2 is 2.14 bits per heavy atom. The summed E-state index contributed by atoms with van der Waals surface area (Å²) in [4.78, 5) is 26.8. The van der Waals surface area contributed by atoms with E-state index >= 15 is 0 Å². The van der Waals surface area contributed by atoms with E-state index in [9.17, 15) is 4.79 Å². The first-order valence-electron chi connectivity index (χ1n) is 7.03. The molecule has 1 unspecified atom stereocenters. The fourth-order valence-electron chi connectivity index (χ4n) is 2.65. The van der Waals surface area contributed by atoms with Gasteiger partial charge in [-0.05, 0) is 32.8 Å². The molecule has 0 saturated heterocycles. The Kier molecular flexibility index (Phi) is 3.41. The number of rotatable bonds is 3. The molecule has 3 aromatic heterocycles. The number of nitrogens with one attached hydrogen (secondary N) is 1. The lowest BCUT2D eigenvalue weighted by Gasteiger charge is -2.12. The number of H-pyrrole nitrogens is 1. The van der Waals surface area contributed by atoms with Crippen molar-refractivity contribution in [2.75, 3.05) is 0 Å². The second-order valence-corrected chi connectivity index (χ2v) is 6.46. The minimum Gasteiger partial charge on any atom is -0.344 e. The van der Waals surface area contributed by atoms with Crippen molar-refractivity contribution < 1.29 is 0 Å². The minimum atomic E-state index is -0.159. The predicted octanol–water partition coefficient (Wildman–Crippen LogP) is 2.97. The van der Waals surface area contributed by atoms with Crippen LogP contribution in [0.15, 0.2) is 17.3 Å². The van der Waals surface area contributed by atoms with Crippen molar-refractivity contribution in [3.05, 3.63) is 44.8 Å². The lowest BCUT2D eigenvalue weighted by molar-refractivity contribution is 0.580. The third-order valence-corrected chi connectivity index (χ3v) is 4.88. The van der Waals surface area contributed by atoms with Gasteiger partial charge in [0.15, 0.2) is 0 Å². The molecule has 0 amide bonds. The molecule has 0 spiro atoms. The molecule has 0 aliphatic rings. The van der Waals surface area contributed by atoms with Gasteiger partial charge in [-0.3, -0.25) is 9.36 Å². The molecule has 0 fully saturated rings. The van der Waals surface area contributed by atoms with E-state index in [1.807, 2.05) is 20.8 Å². The first-order chi connectivity index (χ1) is 10.0. The second-order valence-electron chi connectivity index (χ2n) is 5.25. The summed E-state index contributed by atoms with van der Waals surface area (Å²) in [5.41, 5.74) is 2.12. The number of hydrogen-bond donors (Lipinski definition) is 1. The predicted molar refractivity (Wildman–Crippen MR) is 85.1 cm³/mol. The maximum absolute atomic E-state index is 12.8. The smallest absolute Gasteiger partial charge is 0.263 e. The Morgan fingerprint density at radius 1 is 1.38 bits per heavy atom. The Morgan fingerprint density at radius 3 is 2.76 bits per heavy atom. The van der Waals surface area contributed by atoms with Crippen LogP contribution in [0.25, 0.3) is 10.2 Å². The van der Waals surface area contributed by atoms with Gasteiger partial charge in [0.1, 0.15) is 10.7 Å². The van der Waals surface area contributed by atoms with Crippen LogP contribution >= 0.6 is 11.3 Å². The summed E-state index contributed by atoms with van der Waals surface area (Å²) >= 11 is 1.59. The average Bonchev–Trinajstić information content (AvgIpc) is 3.01. The van der Waals surface area contributed by atoms with Crippen LogP contribution in [0.2, 0.25) is 0 Å². The van der Waals surface area contributed by atoms with Crippen molar-refractivity contribution in [1.82, 2.24) is 19.5 Å². The van der Waals surface area contributed by atoms with Crippen molar-refractivity contribution in [1.29, 1.82) is 0 Å². The van der Waals surface area contributed by atoms with Gasteiger partial charge in [0, 0.05) is 16.8 Å². The second kappa shape index (κ2) is 5.11. The zero-order valence-corrected chi connectivity index (χ0v) is 13.4. The molecule has 0 bridgehead atoms. The van der Waals surface area contributed by atoms with E-state index < -0.39 is 0 Å². The Labute approximate surface area is 126 Å². The lowest BCUT2D eigenvalue weighted by atomic mass is 10.1. The number of aromatic amines is 1. The summed E-state index contributed by atoms with van der Waals surface area (Å²) in [5.74, 6) is 0.778. The highest BCUT2D eigenvalue weighted by molar-refractivity contribution is 7.18. The SMILES string of the molecule is CCc1c(C)sc2ncn(C(C)c3ncc(C)[nH]3)c(=O)c12. The summed E-state index contributed by atoms with van der Waals surface area (Å²) < 4.78 is 1.66. The number of imidazole rings is 1. The number of aryl methyl sites for hydroxylation is 3. The number of fused-ring (bicyclic) bond motifs is 1. The van der Waals surface area contributed by atoms with Gasteiger partial charge in [-0.2, -0.15) is 0 Å². The molecular formula is C15H18N4OS. The monoisotopic (exact) mass is 302 g/mol. The van der Waals surface area contributed by atoms with Gasteiger partial charge in [-0.25, -0.2) is 9.97 Å². The number of nitrogens with zero attached hydrogens (tertiary/aromatic N) is 3.